The number of nitrogens with zero attached hydrogens (tertiary/aromatic N) is 1. The summed E-state index contributed by atoms with van der Waals surface area (Å²) in [7, 11) is 0. The van der Waals surface area contributed by atoms with Crippen molar-refractivity contribution in [1.82, 2.24) is 4.90 Å². The Hall–Kier alpha value is -1.62. The van der Waals surface area contributed by atoms with E-state index in [0.717, 1.165) is 18.9 Å². The number of carbonyl (C=O) groups excluding carboxylic acids is 2. The molecule has 1 aliphatic heterocycles. The standard InChI is InChI=1S/C14H16ClFN2O2/c1-9-3-2-6-18(8-9)14(20)13(19)17-10-4-5-12(16)11(15)7-10/h4-5,7,9H,2-3,6,8H2,1H3,(H,17,19). The second-order valence-electron chi connectivity index (χ2n) is 5.08. The van der Waals surface area contributed by atoms with E-state index in [1.54, 1.807) is 4.90 Å². The van der Waals surface area contributed by atoms with E-state index in [0.29, 0.717) is 24.7 Å². The van der Waals surface area contributed by atoms with Crippen molar-refractivity contribution in [3.63, 3.8) is 0 Å². The van der Waals surface area contributed by atoms with Crippen LogP contribution in [0.1, 0.15) is 19.8 Å². The topological polar surface area (TPSA) is 49.4 Å². The fourth-order valence-electron chi connectivity index (χ4n) is 2.28. The number of piperidine rings is 1. The Morgan fingerprint density at radius 3 is 2.85 bits per heavy atom. The smallest absolute Gasteiger partial charge is 0.313 e. The molecule has 1 atom stereocenters. The first-order valence-electron chi connectivity index (χ1n) is 6.52. The summed E-state index contributed by atoms with van der Waals surface area (Å²) in [6, 6.07) is 3.79. The molecule has 1 unspecified atom stereocenters. The molecular formula is C14H16ClFN2O2. The van der Waals surface area contributed by atoms with Crippen LogP contribution in [0.15, 0.2) is 18.2 Å². The highest BCUT2D eigenvalue weighted by Crippen LogP contribution is 2.20. The van der Waals surface area contributed by atoms with Crippen LogP contribution in [-0.2, 0) is 9.59 Å². The third-order valence-corrected chi connectivity index (χ3v) is 3.61. The van der Waals surface area contributed by atoms with Gasteiger partial charge in [0.2, 0.25) is 0 Å². The number of rotatable bonds is 1. The van der Waals surface area contributed by atoms with Crippen molar-refractivity contribution in [3.05, 3.63) is 29.0 Å². The molecule has 2 rings (SSSR count). The lowest BCUT2D eigenvalue weighted by atomic mass is 10.0. The SMILES string of the molecule is CC1CCCN(C(=O)C(=O)Nc2ccc(F)c(Cl)c2)C1. The summed E-state index contributed by atoms with van der Waals surface area (Å²) in [5.41, 5.74) is 0.305. The van der Waals surface area contributed by atoms with Crippen LogP contribution >= 0.6 is 11.6 Å². The number of amides is 2. The molecule has 2 amide bonds. The van der Waals surface area contributed by atoms with Crippen LogP contribution in [0.5, 0.6) is 0 Å². The fraction of sp³-hybridized carbons (Fsp3) is 0.429. The van der Waals surface area contributed by atoms with Crippen molar-refractivity contribution >= 4 is 29.1 Å². The predicted molar refractivity (Wildman–Crippen MR) is 75.0 cm³/mol. The lowest BCUT2D eigenvalue weighted by molar-refractivity contribution is -0.144. The van der Waals surface area contributed by atoms with Crippen molar-refractivity contribution in [1.29, 1.82) is 0 Å². The Labute approximate surface area is 121 Å². The predicted octanol–water partition coefficient (Wildman–Crippen LogP) is 2.68. The molecule has 108 valence electrons. The van der Waals surface area contributed by atoms with Crippen LogP contribution in [-0.4, -0.2) is 29.8 Å². The van der Waals surface area contributed by atoms with Crippen LogP contribution in [0, 0.1) is 11.7 Å². The molecule has 1 aromatic carbocycles. The van der Waals surface area contributed by atoms with E-state index in [-0.39, 0.29) is 5.02 Å². The van der Waals surface area contributed by atoms with E-state index in [9.17, 15) is 14.0 Å². The maximum Gasteiger partial charge on any atom is 0.313 e. The molecule has 1 saturated heterocycles. The summed E-state index contributed by atoms with van der Waals surface area (Å²) in [4.78, 5) is 25.4. The number of hydrogen-bond acceptors (Lipinski definition) is 2. The molecular weight excluding hydrogens is 283 g/mol. The van der Waals surface area contributed by atoms with Gasteiger partial charge in [-0.1, -0.05) is 18.5 Å². The maximum atomic E-state index is 13.0. The summed E-state index contributed by atoms with van der Waals surface area (Å²) in [6.07, 6.45) is 1.97. The molecule has 20 heavy (non-hydrogen) atoms. The van der Waals surface area contributed by atoms with Gasteiger partial charge in [-0.05, 0) is 37.0 Å². The molecule has 0 spiro atoms. The fourth-order valence-corrected chi connectivity index (χ4v) is 2.46. The van der Waals surface area contributed by atoms with Gasteiger partial charge in [0.25, 0.3) is 0 Å². The van der Waals surface area contributed by atoms with Crippen LogP contribution in [0.4, 0.5) is 10.1 Å². The van der Waals surface area contributed by atoms with Crippen molar-refractivity contribution < 1.29 is 14.0 Å². The maximum absolute atomic E-state index is 13.0. The number of likely N-dealkylation sites (tertiary alicyclic amines) is 1. The Bertz CT molecular complexity index is 536. The summed E-state index contributed by atoms with van der Waals surface area (Å²) in [5, 5.41) is 2.35. The lowest BCUT2D eigenvalue weighted by Crippen LogP contribution is -2.44. The van der Waals surface area contributed by atoms with E-state index in [2.05, 4.69) is 12.2 Å². The molecule has 0 radical (unpaired) electrons. The van der Waals surface area contributed by atoms with Crippen LogP contribution in [0.25, 0.3) is 0 Å². The Balaban J connectivity index is 2.00. The summed E-state index contributed by atoms with van der Waals surface area (Å²) in [5.74, 6) is -1.44. The van der Waals surface area contributed by atoms with Crippen molar-refractivity contribution in [2.75, 3.05) is 18.4 Å². The van der Waals surface area contributed by atoms with E-state index in [1.807, 2.05) is 0 Å². The van der Waals surface area contributed by atoms with Crippen LogP contribution < -0.4 is 5.32 Å². The van der Waals surface area contributed by atoms with Gasteiger partial charge in [-0.2, -0.15) is 0 Å². The first-order chi connectivity index (χ1) is 9.47. The molecule has 0 saturated carbocycles. The van der Waals surface area contributed by atoms with Crippen molar-refractivity contribution in [2.24, 2.45) is 5.92 Å². The Morgan fingerprint density at radius 1 is 1.45 bits per heavy atom. The van der Waals surface area contributed by atoms with Gasteiger partial charge in [-0.15, -0.1) is 0 Å². The summed E-state index contributed by atoms with van der Waals surface area (Å²) in [6.45, 7) is 3.24. The number of halogens is 2. The van der Waals surface area contributed by atoms with Gasteiger partial charge in [0, 0.05) is 18.8 Å². The van der Waals surface area contributed by atoms with Gasteiger partial charge in [-0.3, -0.25) is 9.59 Å². The van der Waals surface area contributed by atoms with Crippen molar-refractivity contribution in [3.8, 4) is 0 Å². The van der Waals surface area contributed by atoms with Gasteiger partial charge in [-0.25, -0.2) is 4.39 Å². The molecule has 6 heteroatoms. The number of nitrogens with one attached hydrogen (secondary N) is 1. The third kappa shape index (κ3) is 3.48. The minimum absolute atomic E-state index is 0.0955. The minimum Gasteiger partial charge on any atom is -0.334 e. The normalized spacial score (nSPS) is 18.8. The molecule has 1 aliphatic rings. The number of benzene rings is 1. The lowest BCUT2D eigenvalue weighted by Gasteiger charge is -2.30. The molecule has 1 fully saturated rings. The zero-order valence-electron chi connectivity index (χ0n) is 11.2. The molecule has 0 bridgehead atoms. The molecule has 1 N–H and O–H groups in total. The number of carbonyl (C=O) groups is 2. The second kappa shape index (κ2) is 6.22. The van der Waals surface area contributed by atoms with Crippen molar-refractivity contribution in [2.45, 2.75) is 19.8 Å². The summed E-state index contributed by atoms with van der Waals surface area (Å²) >= 11 is 5.62. The van der Waals surface area contributed by atoms with Crippen LogP contribution in [0.2, 0.25) is 5.02 Å². The molecule has 1 aromatic rings. The van der Waals surface area contributed by atoms with Gasteiger partial charge in [0.1, 0.15) is 5.82 Å². The Kier molecular flexibility index (Phi) is 4.60. The quantitative estimate of drug-likeness (QED) is 0.810. The first-order valence-corrected chi connectivity index (χ1v) is 6.90. The van der Waals surface area contributed by atoms with Crippen LogP contribution in [0.3, 0.4) is 0 Å². The van der Waals surface area contributed by atoms with E-state index in [4.69, 9.17) is 11.6 Å². The Morgan fingerprint density at radius 2 is 2.20 bits per heavy atom. The van der Waals surface area contributed by atoms with Gasteiger partial charge in [0.15, 0.2) is 0 Å². The highest BCUT2D eigenvalue weighted by molar-refractivity contribution is 6.39. The van der Waals surface area contributed by atoms with Gasteiger partial charge in [0.05, 0.1) is 5.02 Å². The minimum atomic E-state index is -0.721. The monoisotopic (exact) mass is 298 g/mol. The molecule has 0 aliphatic carbocycles. The average molecular weight is 299 g/mol. The zero-order valence-corrected chi connectivity index (χ0v) is 11.9. The highest BCUT2D eigenvalue weighted by Gasteiger charge is 2.26. The van der Waals surface area contributed by atoms with Gasteiger partial charge < -0.3 is 10.2 Å². The number of hydrogen-bond donors (Lipinski definition) is 1. The largest absolute Gasteiger partial charge is 0.334 e. The first kappa shape index (κ1) is 14.8. The van der Waals surface area contributed by atoms with Gasteiger partial charge >= 0.3 is 11.8 Å². The van der Waals surface area contributed by atoms with E-state index < -0.39 is 17.6 Å². The second-order valence-corrected chi connectivity index (χ2v) is 5.49. The zero-order chi connectivity index (χ0) is 14.7. The number of anilines is 1. The van der Waals surface area contributed by atoms with E-state index in [1.165, 1.54) is 12.1 Å². The highest BCUT2D eigenvalue weighted by atomic mass is 35.5. The van der Waals surface area contributed by atoms with E-state index >= 15 is 0 Å². The molecule has 0 aromatic heterocycles. The molecule has 4 nitrogen and oxygen atoms in total. The third-order valence-electron chi connectivity index (χ3n) is 3.32. The molecule has 1 heterocycles. The summed E-state index contributed by atoms with van der Waals surface area (Å²) < 4.78 is 13.0. The average Bonchev–Trinajstić information content (AvgIpc) is 2.42.